The molecule has 0 heterocycles. The van der Waals surface area contributed by atoms with Crippen LogP contribution in [0.25, 0.3) is 132 Å². The first kappa shape index (κ1) is 41.1. The average Bonchev–Trinajstić information content (AvgIpc) is 3.44. The predicted octanol–water partition coefficient (Wildman–Crippen LogP) is 19.6. The third kappa shape index (κ3) is 7.26. The molecule has 0 spiro atoms. The summed E-state index contributed by atoms with van der Waals surface area (Å²) >= 11 is 0. The molecule has 0 saturated heterocycles. The third-order valence-corrected chi connectivity index (χ3v) is 14.3. The molecule has 0 fully saturated rings. The van der Waals surface area contributed by atoms with Crippen LogP contribution in [0.5, 0.6) is 0 Å². The lowest BCUT2D eigenvalue weighted by Crippen LogP contribution is -1.93. The highest BCUT2D eigenvalue weighted by Crippen LogP contribution is 2.48. The van der Waals surface area contributed by atoms with Crippen LogP contribution in [0.15, 0.2) is 279 Å². The SMILES string of the molecule is c1ccc(-c2ccc(-c3c4ccccc4c(-c4ccc(-c5ccccc5)cc4)c4cc(-c5ccc6c(-c7ccccc7)c7ccccc7c(-c7ccc(-c8ccccc8)cc7)c6c5)ccc34)cc2)cc1. The normalized spacial score (nSPS) is 11.4. The number of hydrogen-bond donors (Lipinski definition) is 0. The van der Waals surface area contributed by atoms with Gasteiger partial charge in [-0.25, -0.2) is 0 Å². The first-order chi connectivity index (χ1) is 34.7. The Kier molecular flexibility index (Phi) is 10.3. The Morgan fingerprint density at radius 1 is 0.114 bits per heavy atom. The molecule has 0 bridgehead atoms. The largest absolute Gasteiger partial charge is 0.0622 e. The topological polar surface area (TPSA) is 0 Å². The summed E-state index contributed by atoms with van der Waals surface area (Å²) in [6.07, 6.45) is 0. The lowest BCUT2D eigenvalue weighted by atomic mass is 9.83. The molecule has 0 aliphatic carbocycles. The van der Waals surface area contributed by atoms with Gasteiger partial charge in [-0.1, -0.05) is 267 Å². The number of benzene rings is 13. The van der Waals surface area contributed by atoms with Crippen molar-refractivity contribution in [1.29, 1.82) is 0 Å². The van der Waals surface area contributed by atoms with Crippen molar-refractivity contribution in [2.24, 2.45) is 0 Å². The van der Waals surface area contributed by atoms with Crippen molar-refractivity contribution in [3.63, 3.8) is 0 Å². The molecule has 0 aromatic heterocycles. The lowest BCUT2D eigenvalue weighted by molar-refractivity contribution is 1.60. The van der Waals surface area contributed by atoms with Crippen molar-refractivity contribution in [2.75, 3.05) is 0 Å². The smallest absolute Gasteiger partial charge is 0.00261 e. The van der Waals surface area contributed by atoms with Gasteiger partial charge < -0.3 is 0 Å². The zero-order chi connectivity index (χ0) is 46.4. The molecule has 13 rings (SSSR count). The molecule has 0 atom stereocenters. The van der Waals surface area contributed by atoms with Gasteiger partial charge in [-0.2, -0.15) is 0 Å². The van der Waals surface area contributed by atoms with Crippen molar-refractivity contribution in [1.82, 2.24) is 0 Å². The van der Waals surface area contributed by atoms with E-state index in [4.69, 9.17) is 0 Å². The van der Waals surface area contributed by atoms with Crippen LogP contribution in [-0.4, -0.2) is 0 Å². The second-order valence-electron chi connectivity index (χ2n) is 18.3. The van der Waals surface area contributed by atoms with Crippen molar-refractivity contribution in [2.45, 2.75) is 0 Å². The quantitative estimate of drug-likeness (QED) is 0.133. The van der Waals surface area contributed by atoms with E-state index in [0.717, 1.165) is 0 Å². The minimum atomic E-state index is 1.18. The van der Waals surface area contributed by atoms with Crippen LogP contribution in [0.2, 0.25) is 0 Å². The van der Waals surface area contributed by atoms with E-state index in [9.17, 15) is 0 Å². The molecule has 0 unspecified atom stereocenters. The molecule has 0 N–H and O–H groups in total. The van der Waals surface area contributed by atoms with Gasteiger partial charge in [0.2, 0.25) is 0 Å². The standard InChI is InChI=1S/C70H46/c1-5-17-47(18-6-1)50-29-35-54(36-30-50)68-60-26-14-16-28-62(60)70(56-39-33-52(34-40-56)49-21-9-3-10-22-49)66-46-58(42-44-64(66)68)57-41-43-63-65(45-57)69(55-37-31-51(32-38-55)48-19-7-2-8-20-48)61-27-15-13-25-59(61)67(63)53-23-11-4-12-24-53/h1-46H. The zero-order valence-corrected chi connectivity index (χ0v) is 38.6. The minimum Gasteiger partial charge on any atom is -0.0622 e. The number of hydrogen-bond acceptors (Lipinski definition) is 0. The second kappa shape index (κ2) is 17.5. The minimum absolute atomic E-state index is 1.18. The van der Waals surface area contributed by atoms with Crippen molar-refractivity contribution in [3.8, 4) is 89.0 Å². The van der Waals surface area contributed by atoms with Gasteiger partial charge in [0.15, 0.2) is 0 Å². The summed E-state index contributed by atoms with van der Waals surface area (Å²) in [5.41, 5.74) is 19.4. The van der Waals surface area contributed by atoms with Gasteiger partial charge in [0.25, 0.3) is 0 Å². The van der Waals surface area contributed by atoms with Crippen LogP contribution in [0.3, 0.4) is 0 Å². The Bertz CT molecular complexity index is 4020. The molecule has 0 saturated carbocycles. The molecular formula is C70H46. The Labute approximate surface area is 409 Å². The van der Waals surface area contributed by atoms with Gasteiger partial charge >= 0.3 is 0 Å². The molecule has 0 amide bonds. The monoisotopic (exact) mass is 886 g/mol. The second-order valence-corrected chi connectivity index (χ2v) is 18.3. The molecule has 0 radical (unpaired) electrons. The molecule has 13 aromatic carbocycles. The highest BCUT2D eigenvalue weighted by atomic mass is 14.2. The third-order valence-electron chi connectivity index (χ3n) is 14.3. The van der Waals surface area contributed by atoms with Crippen LogP contribution in [0.1, 0.15) is 0 Å². The Morgan fingerprint density at radius 2 is 0.300 bits per heavy atom. The Morgan fingerprint density at radius 3 is 0.600 bits per heavy atom. The van der Waals surface area contributed by atoms with Gasteiger partial charge in [-0.05, 0) is 144 Å². The maximum atomic E-state index is 2.46. The summed E-state index contributed by atoms with van der Waals surface area (Å²) in [5, 5.41) is 9.90. The molecule has 0 aliphatic heterocycles. The van der Waals surface area contributed by atoms with E-state index < -0.39 is 0 Å². The maximum absolute atomic E-state index is 2.46. The average molecular weight is 887 g/mol. The molecule has 70 heavy (non-hydrogen) atoms. The fourth-order valence-electron chi connectivity index (χ4n) is 10.9. The van der Waals surface area contributed by atoms with Crippen LogP contribution in [0.4, 0.5) is 0 Å². The predicted molar refractivity (Wildman–Crippen MR) is 300 cm³/mol. The summed E-state index contributed by atoms with van der Waals surface area (Å²) in [6.45, 7) is 0. The number of rotatable bonds is 8. The fourth-order valence-corrected chi connectivity index (χ4v) is 10.9. The molecule has 0 nitrogen and oxygen atoms in total. The first-order valence-electron chi connectivity index (χ1n) is 24.2. The van der Waals surface area contributed by atoms with Crippen molar-refractivity contribution >= 4 is 43.1 Å². The molecule has 13 aromatic rings. The van der Waals surface area contributed by atoms with E-state index >= 15 is 0 Å². The van der Waals surface area contributed by atoms with E-state index in [0.29, 0.717) is 0 Å². The van der Waals surface area contributed by atoms with E-state index in [1.54, 1.807) is 0 Å². The van der Waals surface area contributed by atoms with E-state index in [2.05, 4.69) is 279 Å². The van der Waals surface area contributed by atoms with Crippen LogP contribution < -0.4 is 0 Å². The molecular weight excluding hydrogens is 841 g/mol. The first-order valence-corrected chi connectivity index (χ1v) is 24.2. The van der Waals surface area contributed by atoms with Crippen LogP contribution in [-0.2, 0) is 0 Å². The fraction of sp³-hybridized carbons (Fsp3) is 0. The van der Waals surface area contributed by atoms with Crippen molar-refractivity contribution < 1.29 is 0 Å². The highest BCUT2D eigenvalue weighted by molar-refractivity contribution is 6.24. The number of fused-ring (bicyclic) bond motifs is 4. The zero-order valence-electron chi connectivity index (χ0n) is 38.6. The highest BCUT2D eigenvalue weighted by Gasteiger charge is 2.21. The van der Waals surface area contributed by atoms with E-state index in [-0.39, 0.29) is 0 Å². The van der Waals surface area contributed by atoms with E-state index in [1.807, 2.05) is 0 Å². The van der Waals surface area contributed by atoms with Crippen molar-refractivity contribution in [3.05, 3.63) is 279 Å². The summed E-state index contributed by atoms with van der Waals surface area (Å²) in [6, 6.07) is 103. The molecule has 0 heteroatoms. The maximum Gasteiger partial charge on any atom is -0.00261 e. The van der Waals surface area contributed by atoms with Gasteiger partial charge in [-0.3, -0.25) is 0 Å². The van der Waals surface area contributed by atoms with Gasteiger partial charge in [0.05, 0.1) is 0 Å². The molecule has 0 aliphatic rings. The Hall–Kier alpha value is -9.10. The summed E-state index contributed by atoms with van der Waals surface area (Å²) < 4.78 is 0. The Balaban J connectivity index is 1.05. The summed E-state index contributed by atoms with van der Waals surface area (Å²) in [4.78, 5) is 0. The lowest BCUT2D eigenvalue weighted by Gasteiger charge is -2.20. The van der Waals surface area contributed by atoms with Crippen LogP contribution >= 0.6 is 0 Å². The van der Waals surface area contributed by atoms with E-state index in [1.165, 1.54) is 132 Å². The van der Waals surface area contributed by atoms with Gasteiger partial charge in [0, 0.05) is 0 Å². The van der Waals surface area contributed by atoms with Gasteiger partial charge in [0.1, 0.15) is 0 Å². The van der Waals surface area contributed by atoms with Crippen LogP contribution in [0, 0.1) is 0 Å². The molecule has 326 valence electrons. The summed E-state index contributed by atoms with van der Waals surface area (Å²) in [7, 11) is 0. The van der Waals surface area contributed by atoms with Gasteiger partial charge in [-0.15, -0.1) is 0 Å². The summed E-state index contributed by atoms with van der Waals surface area (Å²) in [5.74, 6) is 0.